The zero-order chi connectivity index (χ0) is 13.2. The normalized spacial score (nSPS) is 36.9. The third kappa shape index (κ3) is 3.16. The van der Waals surface area contributed by atoms with E-state index >= 15 is 0 Å². The van der Waals surface area contributed by atoms with Gasteiger partial charge >= 0.3 is 0 Å². The summed E-state index contributed by atoms with van der Waals surface area (Å²) < 4.78 is 0. The second-order valence-electron chi connectivity index (χ2n) is 6.61. The number of rotatable bonds is 4. The van der Waals surface area contributed by atoms with E-state index < -0.39 is 5.60 Å². The monoisotopic (exact) mass is 251 g/mol. The highest BCUT2D eigenvalue weighted by Gasteiger charge is 2.43. The zero-order valence-electron chi connectivity index (χ0n) is 12.3. The van der Waals surface area contributed by atoms with Crippen LogP contribution in [0.5, 0.6) is 0 Å². The summed E-state index contributed by atoms with van der Waals surface area (Å²) in [5, 5.41) is 10.6. The number of unbranched alkanes of at least 4 members (excludes halogenated alkanes) is 1. The van der Waals surface area contributed by atoms with Gasteiger partial charge in [0.25, 0.3) is 0 Å². The van der Waals surface area contributed by atoms with Gasteiger partial charge in [0.2, 0.25) is 0 Å². The van der Waals surface area contributed by atoms with Crippen molar-refractivity contribution in [2.75, 3.05) is 13.1 Å². The summed E-state index contributed by atoms with van der Waals surface area (Å²) >= 11 is 0. The summed E-state index contributed by atoms with van der Waals surface area (Å²) in [5.41, 5.74) is 0.951. The van der Waals surface area contributed by atoms with Gasteiger partial charge in [-0.15, -0.1) is 0 Å². The minimum atomic E-state index is -0.509. The maximum atomic E-state index is 10.6. The lowest BCUT2D eigenvalue weighted by Gasteiger charge is -2.43. The first kappa shape index (κ1) is 14.1. The van der Waals surface area contributed by atoms with Crippen molar-refractivity contribution in [3.8, 4) is 0 Å². The first-order valence-electron chi connectivity index (χ1n) is 7.69. The fourth-order valence-electron chi connectivity index (χ4n) is 3.74. The topological polar surface area (TPSA) is 23.5 Å². The summed E-state index contributed by atoms with van der Waals surface area (Å²) in [4.78, 5) is 2.49. The van der Waals surface area contributed by atoms with E-state index in [1.807, 2.05) is 6.92 Å². The van der Waals surface area contributed by atoms with Gasteiger partial charge in [-0.2, -0.15) is 0 Å². The highest BCUT2D eigenvalue weighted by molar-refractivity contribution is 5.17. The molecule has 0 amide bonds. The Labute approximate surface area is 112 Å². The molecule has 18 heavy (non-hydrogen) atoms. The molecule has 2 aliphatic heterocycles. The Bertz CT molecular complexity index is 308. The molecule has 0 radical (unpaired) electrons. The van der Waals surface area contributed by atoms with Crippen molar-refractivity contribution in [3.63, 3.8) is 0 Å². The molecule has 2 heteroatoms. The third-order valence-electron chi connectivity index (χ3n) is 4.61. The number of hydrogen-bond acceptors (Lipinski definition) is 2. The van der Waals surface area contributed by atoms with Crippen LogP contribution in [-0.4, -0.2) is 34.7 Å². The van der Waals surface area contributed by atoms with Gasteiger partial charge < -0.3 is 5.11 Å². The number of nitrogens with zero attached hydrogens (tertiary/aromatic N) is 1. The van der Waals surface area contributed by atoms with E-state index in [-0.39, 0.29) is 0 Å². The molecule has 0 aromatic rings. The fraction of sp³-hybridized carbons (Fsp3) is 0.875. The van der Waals surface area contributed by atoms with E-state index in [4.69, 9.17) is 0 Å². The van der Waals surface area contributed by atoms with Gasteiger partial charge in [0.15, 0.2) is 0 Å². The number of piperidine rings is 1. The van der Waals surface area contributed by atoms with Crippen LogP contribution < -0.4 is 0 Å². The Balaban J connectivity index is 2.00. The average molecular weight is 251 g/mol. The predicted molar refractivity (Wildman–Crippen MR) is 76.6 cm³/mol. The van der Waals surface area contributed by atoms with Gasteiger partial charge in [-0.3, -0.25) is 4.90 Å². The molecule has 104 valence electrons. The zero-order valence-corrected chi connectivity index (χ0v) is 12.3. The van der Waals surface area contributed by atoms with E-state index in [1.54, 1.807) is 0 Å². The van der Waals surface area contributed by atoms with Crippen LogP contribution in [0, 0.1) is 5.92 Å². The van der Waals surface area contributed by atoms with Crippen LogP contribution in [0.2, 0.25) is 0 Å². The van der Waals surface area contributed by atoms with E-state index in [0.717, 1.165) is 13.0 Å². The van der Waals surface area contributed by atoms with Gasteiger partial charge in [-0.1, -0.05) is 38.3 Å². The molecule has 0 unspecified atom stereocenters. The van der Waals surface area contributed by atoms with E-state index in [9.17, 15) is 5.11 Å². The molecule has 2 saturated heterocycles. The Morgan fingerprint density at radius 1 is 1.56 bits per heavy atom. The summed E-state index contributed by atoms with van der Waals surface area (Å²) in [7, 11) is 0. The van der Waals surface area contributed by atoms with E-state index in [1.165, 1.54) is 44.2 Å². The predicted octanol–water partition coefficient (Wildman–Crippen LogP) is 3.36. The quantitative estimate of drug-likeness (QED) is 0.775. The number of aliphatic hydroxyl groups is 1. The molecular formula is C16H29NO. The molecule has 2 nitrogen and oxygen atoms in total. The van der Waals surface area contributed by atoms with Crippen LogP contribution >= 0.6 is 0 Å². The molecule has 2 rings (SSSR count). The minimum absolute atomic E-state index is 0.403. The van der Waals surface area contributed by atoms with E-state index in [0.29, 0.717) is 12.0 Å². The lowest BCUT2D eigenvalue weighted by molar-refractivity contribution is -0.0330. The molecular weight excluding hydrogens is 222 g/mol. The Hall–Kier alpha value is -0.340. The molecule has 2 fully saturated rings. The van der Waals surface area contributed by atoms with Gasteiger partial charge in [0.1, 0.15) is 0 Å². The molecule has 0 aromatic carbocycles. The molecule has 0 aromatic heterocycles. The minimum Gasteiger partial charge on any atom is -0.388 e. The Kier molecular flexibility index (Phi) is 4.50. The largest absolute Gasteiger partial charge is 0.388 e. The number of hydrogen-bond donors (Lipinski definition) is 1. The maximum Gasteiger partial charge on any atom is 0.0811 e. The van der Waals surface area contributed by atoms with Crippen molar-refractivity contribution in [2.24, 2.45) is 5.92 Å². The van der Waals surface area contributed by atoms with E-state index in [2.05, 4.69) is 24.8 Å². The Morgan fingerprint density at radius 3 is 3.06 bits per heavy atom. The van der Waals surface area contributed by atoms with Crippen molar-refractivity contribution in [3.05, 3.63) is 11.6 Å². The second kappa shape index (κ2) is 5.75. The molecule has 0 spiro atoms. The molecule has 3 atom stereocenters. The lowest BCUT2D eigenvalue weighted by Crippen LogP contribution is -2.52. The smallest absolute Gasteiger partial charge is 0.0811 e. The summed E-state index contributed by atoms with van der Waals surface area (Å²) in [6.07, 6.45) is 9.60. The molecule has 2 aliphatic rings. The highest BCUT2D eigenvalue weighted by atomic mass is 16.3. The molecule has 1 N–H and O–H groups in total. The molecule has 0 saturated carbocycles. The SMILES string of the molecule is CCCC[C@@H](C)/C=C1/CN2CCC[C@H]2[C@@](C)(O)C1. The van der Waals surface area contributed by atoms with Crippen molar-refractivity contribution in [1.82, 2.24) is 4.90 Å². The van der Waals surface area contributed by atoms with Crippen LogP contribution in [0.25, 0.3) is 0 Å². The summed E-state index contributed by atoms with van der Waals surface area (Å²) in [6, 6.07) is 0.403. The second-order valence-corrected chi connectivity index (χ2v) is 6.61. The third-order valence-corrected chi connectivity index (χ3v) is 4.61. The maximum absolute atomic E-state index is 10.6. The van der Waals surface area contributed by atoms with Crippen LogP contribution in [0.1, 0.15) is 59.3 Å². The highest BCUT2D eigenvalue weighted by Crippen LogP contribution is 2.37. The number of fused-ring (bicyclic) bond motifs is 1. The van der Waals surface area contributed by atoms with Gasteiger partial charge in [0, 0.05) is 12.6 Å². The van der Waals surface area contributed by atoms with Crippen molar-refractivity contribution >= 4 is 0 Å². The van der Waals surface area contributed by atoms with Crippen molar-refractivity contribution in [1.29, 1.82) is 0 Å². The molecule has 0 aliphatic carbocycles. The first-order valence-corrected chi connectivity index (χ1v) is 7.69. The van der Waals surface area contributed by atoms with Gasteiger partial charge in [-0.05, 0) is 45.1 Å². The number of allylic oxidation sites excluding steroid dienone is 1. The van der Waals surface area contributed by atoms with Crippen molar-refractivity contribution in [2.45, 2.75) is 70.9 Å². The average Bonchev–Trinajstić information content (AvgIpc) is 2.74. The molecule has 0 bridgehead atoms. The fourth-order valence-corrected chi connectivity index (χ4v) is 3.74. The first-order chi connectivity index (χ1) is 8.53. The summed E-state index contributed by atoms with van der Waals surface area (Å²) in [6.45, 7) is 8.85. The molecule has 2 heterocycles. The van der Waals surface area contributed by atoms with Gasteiger partial charge in [-0.25, -0.2) is 0 Å². The Morgan fingerprint density at radius 2 is 2.33 bits per heavy atom. The standard InChI is InChI=1S/C16H29NO/c1-4-5-7-13(2)10-14-11-16(3,18)15-8-6-9-17(15)12-14/h10,13,15,18H,4-9,11-12H2,1-3H3/b14-10+/t13-,15+,16+/m1/s1. The van der Waals surface area contributed by atoms with Crippen LogP contribution in [0.3, 0.4) is 0 Å². The van der Waals surface area contributed by atoms with Crippen LogP contribution in [-0.2, 0) is 0 Å². The van der Waals surface area contributed by atoms with Crippen LogP contribution in [0.4, 0.5) is 0 Å². The summed E-state index contributed by atoms with van der Waals surface area (Å²) in [5.74, 6) is 0.662. The van der Waals surface area contributed by atoms with Crippen LogP contribution in [0.15, 0.2) is 11.6 Å². The lowest BCUT2D eigenvalue weighted by atomic mass is 9.82. The van der Waals surface area contributed by atoms with Gasteiger partial charge in [0.05, 0.1) is 5.60 Å². The van der Waals surface area contributed by atoms with Crippen molar-refractivity contribution < 1.29 is 5.11 Å².